The molecule has 1 aromatic rings. The summed E-state index contributed by atoms with van der Waals surface area (Å²) in [5.41, 5.74) is 2.69. The first-order chi connectivity index (χ1) is 8.16. The fourth-order valence-electron chi connectivity index (χ4n) is 1.98. The van der Waals surface area contributed by atoms with E-state index in [1.54, 1.807) is 0 Å². The molecule has 1 heterocycles. The van der Waals surface area contributed by atoms with Crippen molar-refractivity contribution in [3.05, 3.63) is 35.4 Å². The highest BCUT2D eigenvalue weighted by Gasteiger charge is 2.15. The summed E-state index contributed by atoms with van der Waals surface area (Å²) in [7, 11) is 0. The lowest BCUT2D eigenvalue weighted by molar-refractivity contribution is 0.657. The van der Waals surface area contributed by atoms with Gasteiger partial charge in [0.05, 0.1) is 6.04 Å². The van der Waals surface area contributed by atoms with Crippen molar-refractivity contribution in [3.63, 3.8) is 0 Å². The molecule has 0 saturated carbocycles. The maximum Gasteiger partial charge on any atom is 0.157 e. The second kappa shape index (κ2) is 5.58. The Hall–Kier alpha value is -0.960. The van der Waals surface area contributed by atoms with Gasteiger partial charge in [0, 0.05) is 12.3 Å². The SMILES string of the molecule is Cc1ccccc1C(C)NC1=NCC(C)CS1. The van der Waals surface area contributed by atoms with Gasteiger partial charge < -0.3 is 5.32 Å². The van der Waals surface area contributed by atoms with Crippen LogP contribution in [0, 0.1) is 12.8 Å². The summed E-state index contributed by atoms with van der Waals surface area (Å²) >= 11 is 1.84. The molecule has 0 radical (unpaired) electrons. The summed E-state index contributed by atoms with van der Waals surface area (Å²) in [6, 6.07) is 8.85. The third kappa shape index (κ3) is 3.25. The van der Waals surface area contributed by atoms with Gasteiger partial charge >= 0.3 is 0 Å². The molecule has 1 N–H and O–H groups in total. The summed E-state index contributed by atoms with van der Waals surface area (Å²) in [4.78, 5) is 4.57. The molecule has 3 heteroatoms. The largest absolute Gasteiger partial charge is 0.358 e. The van der Waals surface area contributed by atoms with Crippen molar-refractivity contribution in [2.75, 3.05) is 12.3 Å². The lowest BCUT2D eigenvalue weighted by Crippen LogP contribution is -2.28. The number of amidine groups is 1. The van der Waals surface area contributed by atoms with E-state index in [9.17, 15) is 0 Å². The van der Waals surface area contributed by atoms with Crippen molar-refractivity contribution >= 4 is 16.9 Å². The monoisotopic (exact) mass is 248 g/mol. The lowest BCUT2D eigenvalue weighted by Gasteiger charge is -2.22. The van der Waals surface area contributed by atoms with Crippen molar-refractivity contribution < 1.29 is 0 Å². The fraction of sp³-hybridized carbons (Fsp3) is 0.500. The molecule has 2 unspecified atom stereocenters. The molecular weight excluding hydrogens is 228 g/mol. The van der Waals surface area contributed by atoms with Crippen LogP contribution in [0.25, 0.3) is 0 Å². The van der Waals surface area contributed by atoms with Gasteiger partial charge in [-0.1, -0.05) is 43.0 Å². The Morgan fingerprint density at radius 3 is 2.82 bits per heavy atom. The summed E-state index contributed by atoms with van der Waals surface area (Å²) < 4.78 is 0. The molecule has 1 aliphatic heterocycles. The molecule has 1 aromatic carbocycles. The normalized spacial score (nSPS) is 21.8. The highest BCUT2D eigenvalue weighted by molar-refractivity contribution is 8.13. The minimum absolute atomic E-state index is 0.329. The van der Waals surface area contributed by atoms with E-state index in [4.69, 9.17) is 0 Å². The molecular formula is C14H20N2S. The first-order valence-electron chi connectivity index (χ1n) is 6.16. The Bertz CT molecular complexity index is 414. The Kier molecular flexibility index (Phi) is 4.11. The Morgan fingerprint density at radius 2 is 2.18 bits per heavy atom. The van der Waals surface area contributed by atoms with E-state index in [-0.39, 0.29) is 0 Å². The Balaban J connectivity index is 2.02. The molecule has 2 rings (SSSR count). The van der Waals surface area contributed by atoms with Crippen molar-refractivity contribution in [3.8, 4) is 0 Å². The predicted molar refractivity (Wildman–Crippen MR) is 76.7 cm³/mol. The van der Waals surface area contributed by atoms with Crippen LogP contribution in [0.3, 0.4) is 0 Å². The van der Waals surface area contributed by atoms with Gasteiger partial charge in [0.1, 0.15) is 0 Å². The second-order valence-electron chi connectivity index (χ2n) is 4.78. The molecule has 0 aliphatic carbocycles. The summed E-state index contributed by atoms with van der Waals surface area (Å²) in [6.07, 6.45) is 0. The van der Waals surface area contributed by atoms with Crippen molar-refractivity contribution in [2.45, 2.75) is 26.8 Å². The van der Waals surface area contributed by atoms with Gasteiger partial charge in [-0.3, -0.25) is 4.99 Å². The van der Waals surface area contributed by atoms with Crippen LogP contribution in [0.2, 0.25) is 0 Å². The molecule has 92 valence electrons. The average molecular weight is 248 g/mol. The zero-order chi connectivity index (χ0) is 12.3. The standard InChI is InChI=1S/C14H20N2S/c1-10-8-15-14(17-9-10)16-12(3)13-7-5-4-6-11(13)2/h4-7,10,12H,8-9H2,1-3H3,(H,15,16). The maximum absolute atomic E-state index is 4.57. The molecule has 1 aliphatic rings. The van der Waals surface area contributed by atoms with Crippen LogP contribution in [-0.4, -0.2) is 17.5 Å². The minimum Gasteiger partial charge on any atom is -0.358 e. The van der Waals surface area contributed by atoms with E-state index in [0.29, 0.717) is 12.0 Å². The van der Waals surface area contributed by atoms with Gasteiger partial charge in [-0.05, 0) is 30.9 Å². The van der Waals surface area contributed by atoms with Gasteiger partial charge in [0.25, 0.3) is 0 Å². The quantitative estimate of drug-likeness (QED) is 0.867. The van der Waals surface area contributed by atoms with Gasteiger partial charge in [0.2, 0.25) is 0 Å². The zero-order valence-electron chi connectivity index (χ0n) is 10.7. The topological polar surface area (TPSA) is 24.4 Å². The molecule has 0 spiro atoms. The van der Waals surface area contributed by atoms with E-state index in [2.05, 4.69) is 55.3 Å². The molecule has 17 heavy (non-hydrogen) atoms. The molecule has 0 fully saturated rings. The number of hydrogen-bond acceptors (Lipinski definition) is 3. The fourth-order valence-corrected chi connectivity index (χ4v) is 2.95. The second-order valence-corrected chi connectivity index (χ2v) is 5.79. The number of benzene rings is 1. The first-order valence-corrected chi connectivity index (χ1v) is 7.14. The predicted octanol–water partition coefficient (Wildman–Crippen LogP) is 3.38. The third-order valence-corrected chi connectivity index (χ3v) is 4.30. The van der Waals surface area contributed by atoms with Crippen molar-refractivity contribution in [1.29, 1.82) is 0 Å². The Morgan fingerprint density at radius 1 is 1.41 bits per heavy atom. The number of thioether (sulfide) groups is 1. The number of aliphatic imine (C=N–C) groups is 1. The minimum atomic E-state index is 0.329. The molecule has 2 nitrogen and oxygen atoms in total. The zero-order valence-corrected chi connectivity index (χ0v) is 11.6. The number of hydrogen-bond donors (Lipinski definition) is 1. The first kappa shape index (κ1) is 12.5. The third-order valence-electron chi connectivity index (χ3n) is 3.05. The summed E-state index contributed by atoms with van der Waals surface area (Å²) in [5.74, 6) is 1.88. The molecule has 0 bridgehead atoms. The number of aryl methyl sites for hydroxylation is 1. The highest BCUT2D eigenvalue weighted by Crippen LogP contribution is 2.21. The highest BCUT2D eigenvalue weighted by atomic mass is 32.2. The van der Waals surface area contributed by atoms with Crippen molar-refractivity contribution in [2.24, 2.45) is 10.9 Å². The van der Waals surface area contributed by atoms with Crippen LogP contribution in [0.5, 0.6) is 0 Å². The van der Waals surface area contributed by atoms with Crippen LogP contribution in [-0.2, 0) is 0 Å². The summed E-state index contributed by atoms with van der Waals surface area (Å²) in [6.45, 7) is 7.56. The van der Waals surface area contributed by atoms with Crippen LogP contribution < -0.4 is 5.32 Å². The van der Waals surface area contributed by atoms with Crippen LogP contribution in [0.1, 0.15) is 31.0 Å². The average Bonchev–Trinajstić information content (AvgIpc) is 2.32. The maximum atomic E-state index is 4.57. The van der Waals surface area contributed by atoms with Gasteiger partial charge in [0.15, 0.2) is 5.17 Å². The van der Waals surface area contributed by atoms with Crippen LogP contribution >= 0.6 is 11.8 Å². The molecule has 0 amide bonds. The van der Waals surface area contributed by atoms with E-state index >= 15 is 0 Å². The molecule has 0 saturated heterocycles. The van der Waals surface area contributed by atoms with E-state index in [0.717, 1.165) is 11.7 Å². The van der Waals surface area contributed by atoms with Crippen molar-refractivity contribution in [1.82, 2.24) is 5.32 Å². The number of nitrogens with one attached hydrogen (secondary N) is 1. The number of nitrogens with zero attached hydrogens (tertiary/aromatic N) is 1. The van der Waals surface area contributed by atoms with Crippen LogP contribution in [0.4, 0.5) is 0 Å². The van der Waals surface area contributed by atoms with Gasteiger partial charge in [-0.2, -0.15) is 0 Å². The van der Waals surface area contributed by atoms with E-state index in [1.165, 1.54) is 16.9 Å². The van der Waals surface area contributed by atoms with Gasteiger partial charge in [-0.25, -0.2) is 0 Å². The molecule has 2 atom stereocenters. The van der Waals surface area contributed by atoms with E-state index < -0.39 is 0 Å². The lowest BCUT2D eigenvalue weighted by atomic mass is 10.0. The Labute approximate surface area is 108 Å². The number of rotatable bonds is 2. The summed E-state index contributed by atoms with van der Waals surface area (Å²) in [5, 5.41) is 4.61. The molecule has 0 aromatic heterocycles. The van der Waals surface area contributed by atoms with Gasteiger partial charge in [-0.15, -0.1) is 0 Å². The smallest absolute Gasteiger partial charge is 0.157 e. The van der Waals surface area contributed by atoms with Crippen LogP contribution in [0.15, 0.2) is 29.3 Å². The van der Waals surface area contributed by atoms with E-state index in [1.807, 2.05) is 11.8 Å².